The van der Waals surface area contributed by atoms with Crippen LogP contribution in [0, 0.1) is 10.1 Å². The second-order valence-corrected chi connectivity index (χ2v) is 2.67. The van der Waals surface area contributed by atoms with Gasteiger partial charge in [0, 0.05) is 12.1 Å². The van der Waals surface area contributed by atoms with Crippen LogP contribution in [0.25, 0.3) is 0 Å². The van der Waals surface area contributed by atoms with Crippen molar-refractivity contribution in [2.24, 2.45) is 5.84 Å². The number of hydrogen-bond acceptors (Lipinski definition) is 4. The molecule has 0 saturated heterocycles. The number of nitro groups is 1. The zero-order valence-electron chi connectivity index (χ0n) is 7.27. The SMILES string of the molecule is NNC(=O)Cc1ccc([N+](=O)[O-])cc1. The quantitative estimate of drug-likeness (QED) is 0.310. The van der Waals surface area contributed by atoms with Gasteiger partial charge in [-0.05, 0) is 5.56 Å². The highest BCUT2D eigenvalue weighted by molar-refractivity contribution is 5.77. The minimum absolute atomic E-state index is 0.00177. The topological polar surface area (TPSA) is 98.3 Å². The molecule has 0 fully saturated rings. The van der Waals surface area contributed by atoms with Crippen LogP contribution in [0.1, 0.15) is 5.56 Å². The maximum absolute atomic E-state index is 10.8. The molecule has 0 aromatic heterocycles. The second-order valence-electron chi connectivity index (χ2n) is 2.67. The Hall–Kier alpha value is -1.95. The lowest BCUT2D eigenvalue weighted by Gasteiger charge is -1.99. The van der Waals surface area contributed by atoms with Gasteiger partial charge in [0.15, 0.2) is 0 Å². The smallest absolute Gasteiger partial charge is 0.269 e. The summed E-state index contributed by atoms with van der Waals surface area (Å²) < 4.78 is 0. The van der Waals surface area contributed by atoms with Crippen LogP contribution in [0.4, 0.5) is 5.69 Å². The summed E-state index contributed by atoms with van der Waals surface area (Å²) in [6.07, 6.45) is 0.120. The average molecular weight is 195 g/mol. The molecule has 14 heavy (non-hydrogen) atoms. The molecule has 0 aliphatic heterocycles. The minimum Gasteiger partial charge on any atom is -0.294 e. The van der Waals surface area contributed by atoms with Gasteiger partial charge in [-0.2, -0.15) is 0 Å². The highest BCUT2D eigenvalue weighted by Crippen LogP contribution is 2.11. The predicted octanol–water partition coefficient (Wildman–Crippen LogP) is 0.127. The van der Waals surface area contributed by atoms with Crippen LogP contribution < -0.4 is 11.3 Å². The van der Waals surface area contributed by atoms with E-state index in [0.717, 1.165) is 0 Å². The third-order valence-corrected chi connectivity index (χ3v) is 1.67. The number of nitrogens with zero attached hydrogens (tertiary/aromatic N) is 1. The summed E-state index contributed by atoms with van der Waals surface area (Å²) in [5.41, 5.74) is 2.66. The van der Waals surface area contributed by atoms with E-state index in [1.54, 1.807) is 0 Å². The summed E-state index contributed by atoms with van der Waals surface area (Å²) in [6.45, 7) is 0. The van der Waals surface area contributed by atoms with Gasteiger partial charge in [-0.1, -0.05) is 12.1 Å². The number of benzene rings is 1. The molecule has 1 rings (SSSR count). The molecule has 0 bridgehead atoms. The van der Waals surface area contributed by atoms with Gasteiger partial charge in [0.25, 0.3) is 5.69 Å². The number of carbonyl (C=O) groups excluding carboxylic acids is 1. The van der Waals surface area contributed by atoms with Gasteiger partial charge in [0.1, 0.15) is 0 Å². The molecule has 0 unspecified atom stereocenters. The third-order valence-electron chi connectivity index (χ3n) is 1.67. The summed E-state index contributed by atoms with van der Waals surface area (Å²) in [6, 6.07) is 5.74. The Labute approximate surface area is 79.8 Å². The zero-order chi connectivity index (χ0) is 10.6. The monoisotopic (exact) mass is 195 g/mol. The molecule has 1 aromatic carbocycles. The van der Waals surface area contributed by atoms with Crippen LogP contribution >= 0.6 is 0 Å². The fourth-order valence-electron chi connectivity index (χ4n) is 0.972. The third kappa shape index (κ3) is 2.53. The van der Waals surface area contributed by atoms with Crippen LogP contribution in [0.5, 0.6) is 0 Å². The van der Waals surface area contributed by atoms with Crippen molar-refractivity contribution in [2.45, 2.75) is 6.42 Å². The minimum atomic E-state index is -0.493. The van der Waals surface area contributed by atoms with Crippen molar-refractivity contribution in [1.29, 1.82) is 0 Å². The Morgan fingerprint density at radius 3 is 2.43 bits per heavy atom. The van der Waals surface area contributed by atoms with Crippen molar-refractivity contribution in [3.05, 3.63) is 39.9 Å². The normalized spacial score (nSPS) is 9.50. The molecule has 0 spiro atoms. The first-order chi connectivity index (χ1) is 6.63. The first-order valence-corrected chi connectivity index (χ1v) is 3.86. The number of carbonyl (C=O) groups is 1. The van der Waals surface area contributed by atoms with E-state index < -0.39 is 4.92 Å². The molecule has 0 radical (unpaired) electrons. The van der Waals surface area contributed by atoms with Crippen molar-refractivity contribution in [3.8, 4) is 0 Å². The molecule has 0 aliphatic carbocycles. The summed E-state index contributed by atoms with van der Waals surface area (Å²) in [5.74, 6) is 4.56. The predicted molar refractivity (Wildman–Crippen MR) is 49.1 cm³/mol. The van der Waals surface area contributed by atoms with E-state index in [-0.39, 0.29) is 18.0 Å². The van der Waals surface area contributed by atoms with Crippen molar-refractivity contribution in [2.75, 3.05) is 0 Å². The van der Waals surface area contributed by atoms with E-state index in [1.165, 1.54) is 24.3 Å². The number of nitro benzene ring substituents is 1. The van der Waals surface area contributed by atoms with Gasteiger partial charge in [0.2, 0.25) is 5.91 Å². The molecule has 0 atom stereocenters. The summed E-state index contributed by atoms with van der Waals surface area (Å²) in [5, 5.41) is 10.3. The molecule has 0 saturated carbocycles. The standard InChI is InChI=1S/C8H9N3O3/c9-10-8(12)5-6-1-3-7(4-2-6)11(13)14/h1-4H,5,9H2,(H,10,12). The van der Waals surface area contributed by atoms with Crippen LogP contribution in [0.3, 0.4) is 0 Å². The van der Waals surface area contributed by atoms with Gasteiger partial charge in [-0.3, -0.25) is 20.3 Å². The van der Waals surface area contributed by atoms with Crippen molar-refractivity contribution in [1.82, 2.24) is 5.43 Å². The lowest BCUT2D eigenvalue weighted by atomic mass is 10.1. The van der Waals surface area contributed by atoms with E-state index in [9.17, 15) is 14.9 Å². The first kappa shape index (κ1) is 10.1. The Balaban J connectivity index is 2.73. The van der Waals surface area contributed by atoms with Gasteiger partial charge in [-0.15, -0.1) is 0 Å². The fourth-order valence-corrected chi connectivity index (χ4v) is 0.972. The maximum Gasteiger partial charge on any atom is 0.269 e. The zero-order valence-corrected chi connectivity index (χ0v) is 7.27. The van der Waals surface area contributed by atoms with Gasteiger partial charge < -0.3 is 0 Å². The highest BCUT2D eigenvalue weighted by Gasteiger charge is 2.05. The number of hydrogen-bond donors (Lipinski definition) is 2. The van der Waals surface area contributed by atoms with E-state index in [4.69, 9.17) is 5.84 Å². The van der Waals surface area contributed by atoms with Crippen LogP contribution in [-0.2, 0) is 11.2 Å². The lowest BCUT2D eigenvalue weighted by molar-refractivity contribution is -0.384. The number of nitrogens with two attached hydrogens (primary N) is 1. The fraction of sp³-hybridized carbons (Fsp3) is 0.125. The van der Waals surface area contributed by atoms with Crippen LogP contribution in [0.15, 0.2) is 24.3 Å². The molecule has 6 heteroatoms. The average Bonchev–Trinajstić information content (AvgIpc) is 2.18. The van der Waals surface area contributed by atoms with Gasteiger partial charge in [-0.25, -0.2) is 5.84 Å². The maximum atomic E-state index is 10.8. The van der Waals surface area contributed by atoms with E-state index in [0.29, 0.717) is 5.56 Å². The first-order valence-electron chi connectivity index (χ1n) is 3.86. The molecular formula is C8H9N3O3. The number of nitrogens with one attached hydrogen (secondary N) is 1. The van der Waals surface area contributed by atoms with E-state index in [2.05, 4.69) is 0 Å². The van der Waals surface area contributed by atoms with Crippen molar-refractivity contribution >= 4 is 11.6 Å². The Morgan fingerprint density at radius 1 is 1.43 bits per heavy atom. The summed E-state index contributed by atoms with van der Waals surface area (Å²) in [7, 11) is 0. The van der Waals surface area contributed by atoms with Gasteiger partial charge >= 0.3 is 0 Å². The number of amides is 1. The van der Waals surface area contributed by atoms with Crippen molar-refractivity contribution in [3.63, 3.8) is 0 Å². The van der Waals surface area contributed by atoms with Crippen molar-refractivity contribution < 1.29 is 9.72 Å². The van der Waals surface area contributed by atoms with E-state index >= 15 is 0 Å². The largest absolute Gasteiger partial charge is 0.294 e. The van der Waals surface area contributed by atoms with Crippen LogP contribution in [0.2, 0.25) is 0 Å². The molecule has 3 N–H and O–H groups in total. The summed E-state index contributed by atoms with van der Waals surface area (Å²) in [4.78, 5) is 20.6. The summed E-state index contributed by atoms with van der Waals surface area (Å²) >= 11 is 0. The molecule has 0 heterocycles. The lowest BCUT2D eigenvalue weighted by Crippen LogP contribution is -2.31. The molecule has 74 valence electrons. The van der Waals surface area contributed by atoms with Gasteiger partial charge in [0.05, 0.1) is 11.3 Å². The molecular weight excluding hydrogens is 186 g/mol. The Bertz CT molecular complexity index is 347. The molecule has 1 amide bonds. The number of non-ortho nitro benzene ring substituents is 1. The van der Waals surface area contributed by atoms with E-state index in [1.807, 2.05) is 5.43 Å². The molecule has 1 aromatic rings. The molecule has 0 aliphatic rings. The number of rotatable bonds is 3. The molecule has 6 nitrogen and oxygen atoms in total. The Kier molecular flexibility index (Phi) is 3.14. The second kappa shape index (κ2) is 4.33. The number of hydrazine groups is 1. The van der Waals surface area contributed by atoms with Crippen LogP contribution in [-0.4, -0.2) is 10.8 Å². The highest BCUT2D eigenvalue weighted by atomic mass is 16.6. The Morgan fingerprint density at radius 2 is 2.00 bits per heavy atom.